The molecule has 9 heteroatoms. The average Bonchev–Trinajstić information content (AvgIpc) is 2.31. The molecule has 0 bridgehead atoms. The normalized spacial score (nSPS) is 12.9. The third kappa shape index (κ3) is 5.95. The van der Waals surface area contributed by atoms with Crippen molar-refractivity contribution in [3.05, 3.63) is 0 Å². The first-order chi connectivity index (χ1) is 9.27. The van der Waals surface area contributed by atoms with Crippen LogP contribution in [-0.4, -0.2) is 63.6 Å². The standard InChI is InChI=1S/C11H20N2O7/c12-6-7(3-8(15)16)11(4-9(17)18,5-10(19)20)13-1-2-14/h7,13-14H,1-6,12H2,(H,15,16)(H,17,18)(H,19,20). The van der Waals surface area contributed by atoms with Gasteiger partial charge in [-0.3, -0.25) is 14.4 Å². The summed E-state index contributed by atoms with van der Waals surface area (Å²) < 4.78 is 0. The Morgan fingerprint density at radius 2 is 1.55 bits per heavy atom. The quantitative estimate of drug-likeness (QED) is 0.260. The van der Waals surface area contributed by atoms with E-state index in [1.165, 1.54) is 0 Å². The molecular weight excluding hydrogens is 272 g/mol. The number of nitrogens with two attached hydrogens (primary N) is 1. The van der Waals surface area contributed by atoms with Crippen LogP contribution in [0, 0.1) is 5.92 Å². The van der Waals surface area contributed by atoms with E-state index in [1.807, 2.05) is 0 Å². The highest BCUT2D eigenvalue weighted by molar-refractivity contribution is 5.74. The van der Waals surface area contributed by atoms with Crippen LogP contribution in [0.5, 0.6) is 0 Å². The summed E-state index contributed by atoms with van der Waals surface area (Å²) >= 11 is 0. The van der Waals surface area contributed by atoms with Crippen LogP contribution in [-0.2, 0) is 14.4 Å². The van der Waals surface area contributed by atoms with Crippen LogP contribution in [0.2, 0.25) is 0 Å². The zero-order valence-corrected chi connectivity index (χ0v) is 10.9. The third-order valence-electron chi connectivity index (χ3n) is 3.01. The molecule has 0 aliphatic heterocycles. The number of aliphatic hydroxyl groups is 1. The van der Waals surface area contributed by atoms with Crippen molar-refractivity contribution in [1.82, 2.24) is 5.32 Å². The highest BCUT2D eigenvalue weighted by atomic mass is 16.4. The molecule has 0 aliphatic carbocycles. The summed E-state index contributed by atoms with van der Waals surface area (Å²) in [4.78, 5) is 32.8. The van der Waals surface area contributed by atoms with E-state index in [4.69, 9.17) is 26.2 Å². The number of aliphatic hydroxyl groups excluding tert-OH is 1. The van der Waals surface area contributed by atoms with Gasteiger partial charge in [-0.2, -0.15) is 0 Å². The summed E-state index contributed by atoms with van der Waals surface area (Å²) in [5, 5.41) is 38.2. The van der Waals surface area contributed by atoms with Crippen molar-refractivity contribution in [3.8, 4) is 0 Å². The first kappa shape index (κ1) is 18.3. The van der Waals surface area contributed by atoms with Gasteiger partial charge >= 0.3 is 17.9 Å². The van der Waals surface area contributed by atoms with E-state index >= 15 is 0 Å². The summed E-state index contributed by atoms with van der Waals surface area (Å²) in [5.41, 5.74) is 3.96. The molecule has 0 aromatic rings. The molecule has 0 aliphatic rings. The number of aliphatic carboxylic acids is 3. The van der Waals surface area contributed by atoms with E-state index in [2.05, 4.69) is 5.32 Å². The first-order valence-corrected chi connectivity index (χ1v) is 5.98. The zero-order valence-electron chi connectivity index (χ0n) is 10.9. The molecule has 116 valence electrons. The molecule has 1 atom stereocenters. The molecule has 0 aromatic carbocycles. The van der Waals surface area contributed by atoms with Crippen LogP contribution in [0.1, 0.15) is 19.3 Å². The summed E-state index contributed by atoms with van der Waals surface area (Å²) in [6, 6.07) is 0. The molecule has 1 unspecified atom stereocenters. The fraction of sp³-hybridized carbons (Fsp3) is 0.727. The fourth-order valence-corrected chi connectivity index (χ4v) is 2.18. The van der Waals surface area contributed by atoms with Gasteiger partial charge in [0.15, 0.2) is 0 Å². The Morgan fingerprint density at radius 1 is 1.05 bits per heavy atom. The maximum atomic E-state index is 11.0. The van der Waals surface area contributed by atoms with Crippen LogP contribution in [0.25, 0.3) is 0 Å². The van der Waals surface area contributed by atoms with E-state index in [-0.39, 0.29) is 19.7 Å². The van der Waals surface area contributed by atoms with Crippen LogP contribution in [0.4, 0.5) is 0 Å². The Bertz CT molecular complexity index is 343. The minimum Gasteiger partial charge on any atom is -0.481 e. The molecule has 9 nitrogen and oxygen atoms in total. The van der Waals surface area contributed by atoms with Crippen molar-refractivity contribution in [1.29, 1.82) is 0 Å². The smallest absolute Gasteiger partial charge is 0.305 e. The van der Waals surface area contributed by atoms with E-state index in [0.29, 0.717) is 0 Å². The number of hydrogen-bond donors (Lipinski definition) is 6. The van der Waals surface area contributed by atoms with Gasteiger partial charge in [0.25, 0.3) is 0 Å². The number of nitrogens with one attached hydrogen (secondary N) is 1. The lowest BCUT2D eigenvalue weighted by molar-refractivity contribution is -0.146. The average molecular weight is 292 g/mol. The molecule has 0 fully saturated rings. The van der Waals surface area contributed by atoms with E-state index in [0.717, 1.165) is 0 Å². The second kappa shape index (κ2) is 8.46. The van der Waals surface area contributed by atoms with E-state index in [1.54, 1.807) is 0 Å². The molecule has 0 saturated heterocycles. The Balaban J connectivity index is 5.44. The Labute approximate surface area is 115 Å². The van der Waals surface area contributed by atoms with Crippen LogP contribution >= 0.6 is 0 Å². The molecule has 0 rings (SSSR count). The second-order valence-electron chi connectivity index (χ2n) is 4.48. The summed E-state index contributed by atoms with van der Waals surface area (Å²) in [6.45, 7) is -0.590. The number of carbonyl (C=O) groups is 3. The molecule has 0 aromatic heterocycles. The predicted molar refractivity (Wildman–Crippen MR) is 67.1 cm³/mol. The number of carboxylic acid groups (broad SMARTS) is 3. The molecule has 0 amide bonds. The largest absolute Gasteiger partial charge is 0.481 e. The Hall–Kier alpha value is -1.71. The number of rotatable bonds is 11. The lowest BCUT2D eigenvalue weighted by Crippen LogP contribution is -2.57. The van der Waals surface area contributed by atoms with Crippen molar-refractivity contribution >= 4 is 17.9 Å². The molecule has 0 spiro atoms. The lowest BCUT2D eigenvalue weighted by atomic mass is 9.76. The molecule has 0 heterocycles. The van der Waals surface area contributed by atoms with Gasteiger partial charge in [0.05, 0.1) is 25.9 Å². The summed E-state index contributed by atoms with van der Waals surface area (Å²) in [5.74, 6) is -4.65. The van der Waals surface area contributed by atoms with E-state index < -0.39 is 48.6 Å². The first-order valence-electron chi connectivity index (χ1n) is 5.98. The van der Waals surface area contributed by atoms with Gasteiger partial charge in [-0.05, 0) is 6.54 Å². The highest BCUT2D eigenvalue weighted by Crippen LogP contribution is 2.28. The van der Waals surface area contributed by atoms with Crippen molar-refractivity contribution in [2.24, 2.45) is 11.7 Å². The fourth-order valence-electron chi connectivity index (χ4n) is 2.18. The molecule has 0 saturated carbocycles. The maximum Gasteiger partial charge on any atom is 0.305 e. The van der Waals surface area contributed by atoms with Gasteiger partial charge in [0.1, 0.15) is 0 Å². The van der Waals surface area contributed by atoms with Gasteiger partial charge in [-0.25, -0.2) is 0 Å². The SMILES string of the molecule is NCC(CC(=O)O)C(CC(=O)O)(CC(=O)O)NCCO. The molecule has 20 heavy (non-hydrogen) atoms. The van der Waals surface area contributed by atoms with Gasteiger partial charge in [0.2, 0.25) is 0 Å². The number of hydrogen-bond acceptors (Lipinski definition) is 6. The summed E-state index contributed by atoms with van der Waals surface area (Å²) in [7, 11) is 0. The highest BCUT2D eigenvalue weighted by Gasteiger charge is 2.42. The number of β-amino-alcohol motifs (C(OH)–C–C–N with tert-alkyl or cyclic N) is 1. The predicted octanol–water partition coefficient (Wildman–Crippen LogP) is -1.69. The van der Waals surface area contributed by atoms with Crippen LogP contribution < -0.4 is 11.1 Å². The third-order valence-corrected chi connectivity index (χ3v) is 3.01. The molecule has 0 radical (unpaired) electrons. The van der Waals surface area contributed by atoms with Crippen molar-refractivity contribution in [2.45, 2.75) is 24.8 Å². The van der Waals surface area contributed by atoms with E-state index in [9.17, 15) is 14.4 Å². The van der Waals surface area contributed by atoms with Crippen molar-refractivity contribution < 1.29 is 34.8 Å². The maximum absolute atomic E-state index is 11.0. The second-order valence-corrected chi connectivity index (χ2v) is 4.48. The number of carboxylic acids is 3. The van der Waals surface area contributed by atoms with Crippen molar-refractivity contribution in [2.75, 3.05) is 19.7 Å². The van der Waals surface area contributed by atoms with Gasteiger partial charge in [-0.1, -0.05) is 0 Å². The Morgan fingerprint density at radius 3 is 1.85 bits per heavy atom. The van der Waals surface area contributed by atoms with Crippen LogP contribution in [0.3, 0.4) is 0 Å². The van der Waals surface area contributed by atoms with Crippen LogP contribution in [0.15, 0.2) is 0 Å². The lowest BCUT2D eigenvalue weighted by Gasteiger charge is -2.38. The van der Waals surface area contributed by atoms with Crippen molar-refractivity contribution in [3.63, 3.8) is 0 Å². The minimum atomic E-state index is -1.52. The zero-order chi connectivity index (χ0) is 15.8. The minimum absolute atomic E-state index is 0.0589. The monoisotopic (exact) mass is 292 g/mol. The Kier molecular flexibility index (Phi) is 7.74. The molecular formula is C11H20N2O7. The van der Waals surface area contributed by atoms with Gasteiger partial charge in [0, 0.05) is 18.0 Å². The summed E-state index contributed by atoms with van der Waals surface area (Å²) in [6.07, 6.45) is -1.67. The van der Waals surface area contributed by atoms with Gasteiger partial charge in [-0.15, -0.1) is 0 Å². The molecule has 7 N–H and O–H groups in total. The topological polar surface area (TPSA) is 170 Å². The van der Waals surface area contributed by atoms with Gasteiger partial charge < -0.3 is 31.5 Å².